The van der Waals surface area contributed by atoms with Gasteiger partial charge in [-0.25, -0.2) is 4.98 Å². The molecule has 1 aromatic heterocycles. The number of aromatic nitrogens is 1. The summed E-state index contributed by atoms with van der Waals surface area (Å²) in [7, 11) is 0. The molecule has 4 nitrogen and oxygen atoms in total. The van der Waals surface area contributed by atoms with E-state index >= 15 is 0 Å². The van der Waals surface area contributed by atoms with Crippen LogP contribution < -0.4 is 10.1 Å². The average Bonchev–Trinajstić information content (AvgIpc) is 3.17. The Kier molecular flexibility index (Phi) is 5.26. The minimum Gasteiger partial charge on any atom is -0.478 e. The van der Waals surface area contributed by atoms with Gasteiger partial charge in [0.1, 0.15) is 5.75 Å². The number of amides is 1. The van der Waals surface area contributed by atoms with Crippen LogP contribution in [0.1, 0.15) is 13.8 Å². The number of ether oxygens (including phenoxy) is 1. The van der Waals surface area contributed by atoms with Crippen LogP contribution in [0, 0.1) is 0 Å². The quantitative estimate of drug-likeness (QED) is 0.404. The number of hydrogen-bond donors (Lipinski definition) is 1. The third kappa shape index (κ3) is 4.26. The summed E-state index contributed by atoms with van der Waals surface area (Å²) in [5.41, 5.74) is 0.800. The first-order valence-electron chi connectivity index (χ1n) is 9.12. The Morgan fingerprint density at radius 2 is 1.76 bits per heavy atom. The highest BCUT2D eigenvalue weighted by molar-refractivity contribution is 7.14. The van der Waals surface area contributed by atoms with Crippen LogP contribution in [-0.2, 0) is 4.79 Å². The van der Waals surface area contributed by atoms with Gasteiger partial charge in [-0.1, -0.05) is 54.1 Å². The first kappa shape index (κ1) is 19.4. The Morgan fingerprint density at radius 1 is 1.03 bits per heavy atom. The topological polar surface area (TPSA) is 51.2 Å². The Bertz CT molecular complexity index is 1160. The van der Waals surface area contributed by atoms with Gasteiger partial charge in [0.05, 0.1) is 5.69 Å². The second-order valence-electron chi connectivity index (χ2n) is 7.09. The number of rotatable bonds is 5. The van der Waals surface area contributed by atoms with Crippen molar-refractivity contribution in [3.05, 3.63) is 77.1 Å². The van der Waals surface area contributed by atoms with E-state index in [0.29, 0.717) is 15.9 Å². The highest BCUT2D eigenvalue weighted by atomic mass is 35.5. The smallest absolute Gasteiger partial charge is 0.269 e. The summed E-state index contributed by atoms with van der Waals surface area (Å²) in [5.74, 6) is 0.302. The number of carbonyl (C=O) groups excluding carboxylic acids is 1. The maximum Gasteiger partial charge on any atom is 0.269 e. The Labute approximate surface area is 178 Å². The first-order chi connectivity index (χ1) is 13.9. The number of hydrogen-bond acceptors (Lipinski definition) is 4. The highest BCUT2D eigenvalue weighted by Crippen LogP contribution is 2.31. The molecule has 1 heterocycles. The molecule has 0 fully saturated rings. The highest BCUT2D eigenvalue weighted by Gasteiger charge is 2.30. The number of anilines is 1. The lowest BCUT2D eigenvalue weighted by Crippen LogP contribution is -2.42. The normalized spacial score (nSPS) is 11.4. The van der Waals surface area contributed by atoms with Crippen LogP contribution >= 0.6 is 22.9 Å². The molecule has 4 rings (SSSR count). The third-order valence-electron chi connectivity index (χ3n) is 4.52. The lowest BCUT2D eigenvalue weighted by atomic mass is 10.0. The van der Waals surface area contributed by atoms with Gasteiger partial charge in [0.15, 0.2) is 10.7 Å². The van der Waals surface area contributed by atoms with E-state index in [1.165, 1.54) is 11.3 Å². The Balaban J connectivity index is 1.52. The van der Waals surface area contributed by atoms with Crippen molar-refractivity contribution in [2.45, 2.75) is 19.4 Å². The van der Waals surface area contributed by atoms with E-state index in [1.807, 2.05) is 29.6 Å². The predicted molar refractivity (Wildman–Crippen MR) is 120 cm³/mol. The third-order valence-corrected chi connectivity index (χ3v) is 5.53. The molecule has 0 unspecified atom stereocenters. The van der Waals surface area contributed by atoms with Gasteiger partial charge in [-0.2, -0.15) is 0 Å². The van der Waals surface area contributed by atoms with Crippen LogP contribution in [-0.4, -0.2) is 16.5 Å². The van der Waals surface area contributed by atoms with Crippen molar-refractivity contribution in [1.29, 1.82) is 0 Å². The molecule has 0 aliphatic carbocycles. The summed E-state index contributed by atoms with van der Waals surface area (Å²) in [6.45, 7) is 3.44. The number of thiazole rings is 1. The van der Waals surface area contributed by atoms with E-state index in [4.69, 9.17) is 16.3 Å². The standard InChI is InChI=1S/C23H19ClN2O2S/c1-23(2,28-17-12-10-16(24)11-13-17)21(27)26-22-25-20(14-29-22)19-9-5-7-15-6-3-4-8-18(15)19/h3-14H,1-2H3,(H,25,26,27). The zero-order valence-corrected chi connectivity index (χ0v) is 17.6. The fraction of sp³-hybridized carbons (Fsp3) is 0.130. The monoisotopic (exact) mass is 422 g/mol. The van der Waals surface area contributed by atoms with Gasteiger partial charge in [0.2, 0.25) is 0 Å². The molecule has 0 atom stereocenters. The summed E-state index contributed by atoms with van der Waals surface area (Å²) < 4.78 is 5.85. The minimum atomic E-state index is -1.07. The molecular weight excluding hydrogens is 404 g/mol. The second-order valence-corrected chi connectivity index (χ2v) is 8.38. The van der Waals surface area contributed by atoms with Crippen LogP contribution in [0.5, 0.6) is 5.75 Å². The van der Waals surface area contributed by atoms with Crippen LogP contribution in [0.15, 0.2) is 72.1 Å². The van der Waals surface area contributed by atoms with Crippen molar-refractivity contribution < 1.29 is 9.53 Å². The predicted octanol–water partition coefficient (Wildman–Crippen LogP) is 6.41. The van der Waals surface area contributed by atoms with E-state index in [2.05, 4.69) is 28.5 Å². The Hall–Kier alpha value is -2.89. The summed E-state index contributed by atoms with van der Waals surface area (Å²) in [6, 6.07) is 21.2. The fourth-order valence-electron chi connectivity index (χ4n) is 2.99. The summed E-state index contributed by atoms with van der Waals surface area (Å²) in [4.78, 5) is 17.4. The van der Waals surface area contributed by atoms with Gasteiger partial charge in [0, 0.05) is 16.0 Å². The molecule has 6 heteroatoms. The van der Waals surface area contributed by atoms with Crippen LogP contribution in [0.3, 0.4) is 0 Å². The van der Waals surface area contributed by atoms with Crippen molar-refractivity contribution in [3.63, 3.8) is 0 Å². The van der Waals surface area contributed by atoms with E-state index in [0.717, 1.165) is 22.0 Å². The summed E-state index contributed by atoms with van der Waals surface area (Å²) in [6.07, 6.45) is 0. The van der Waals surface area contributed by atoms with Crippen molar-refractivity contribution in [1.82, 2.24) is 4.98 Å². The lowest BCUT2D eigenvalue weighted by molar-refractivity contribution is -0.128. The maximum atomic E-state index is 12.8. The van der Waals surface area contributed by atoms with Crippen molar-refractivity contribution >= 4 is 44.7 Å². The van der Waals surface area contributed by atoms with Crippen molar-refractivity contribution in [2.75, 3.05) is 5.32 Å². The number of nitrogens with one attached hydrogen (secondary N) is 1. The molecule has 146 valence electrons. The molecule has 0 aliphatic rings. The molecule has 0 spiro atoms. The fourth-order valence-corrected chi connectivity index (χ4v) is 3.83. The molecule has 4 aromatic rings. The largest absolute Gasteiger partial charge is 0.478 e. The molecule has 3 aromatic carbocycles. The number of halogens is 1. The number of benzene rings is 3. The second kappa shape index (κ2) is 7.85. The van der Waals surface area contributed by atoms with Gasteiger partial charge in [-0.05, 0) is 48.9 Å². The van der Waals surface area contributed by atoms with Crippen LogP contribution in [0.4, 0.5) is 5.13 Å². The van der Waals surface area contributed by atoms with E-state index in [9.17, 15) is 4.79 Å². The molecule has 0 radical (unpaired) electrons. The summed E-state index contributed by atoms with van der Waals surface area (Å²) >= 11 is 7.29. The molecule has 1 amide bonds. The SMILES string of the molecule is CC(C)(Oc1ccc(Cl)cc1)C(=O)Nc1nc(-c2cccc3ccccc23)cs1. The van der Waals surface area contributed by atoms with E-state index in [-0.39, 0.29) is 5.91 Å². The number of fused-ring (bicyclic) bond motifs is 1. The van der Waals surface area contributed by atoms with Crippen LogP contribution in [0.25, 0.3) is 22.0 Å². The molecule has 0 aliphatic heterocycles. The summed E-state index contributed by atoms with van der Waals surface area (Å²) in [5, 5.41) is 8.25. The molecule has 1 N–H and O–H groups in total. The maximum absolute atomic E-state index is 12.8. The molecule has 29 heavy (non-hydrogen) atoms. The number of carbonyl (C=O) groups is 1. The molecule has 0 bridgehead atoms. The minimum absolute atomic E-state index is 0.272. The molecular formula is C23H19ClN2O2S. The Morgan fingerprint density at radius 3 is 2.55 bits per heavy atom. The van der Waals surface area contributed by atoms with Crippen molar-refractivity contribution in [3.8, 4) is 17.0 Å². The number of nitrogens with zero attached hydrogens (tertiary/aromatic N) is 1. The average molecular weight is 423 g/mol. The van der Waals surface area contributed by atoms with Gasteiger partial charge in [0.25, 0.3) is 5.91 Å². The zero-order chi connectivity index (χ0) is 20.4. The molecule has 0 saturated carbocycles. The lowest BCUT2D eigenvalue weighted by Gasteiger charge is -2.24. The zero-order valence-electron chi connectivity index (χ0n) is 16.0. The van der Waals surface area contributed by atoms with E-state index < -0.39 is 5.60 Å². The van der Waals surface area contributed by atoms with Gasteiger partial charge in [-0.15, -0.1) is 11.3 Å². The van der Waals surface area contributed by atoms with Gasteiger partial charge >= 0.3 is 0 Å². The first-order valence-corrected chi connectivity index (χ1v) is 10.4. The van der Waals surface area contributed by atoms with Gasteiger partial charge < -0.3 is 4.74 Å². The van der Waals surface area contributed by atoms with Crippen molar-refractivity contribution in [2.24, 2.45) is 0 Å². The van der Waals surface area contributed by atoms with Crippen LogP contribution in [0.2, 0.25) is 5.02 Å². The van der Waals surface area contributed by atoms with Gasteiger partial charge in [-0.3, -0.25) is 10.1 Å². The van der Waals surface area contributed by atoms with E-state index in [1.54, 1.807) is 38.1 Å². The molecule has 0 saturated heterocycles.